The molecule has 5 rings (SSSR count). The molecule has 4 heterocycles. The molecule has 0 bridgehead atoms. The first kappa shape index (κ1) is 17.3. The van der Waals surface area contributed by atoms with Crippen molar-refractivity contribution in [2.75, 3.05) is 0 Å². The van der Waals surface area contributed by atoms with Gasteiger partial charge in [0.25, 0.3) is 0 Å². The van der Waals surface area contributed by atoms with E-state index in [-0.39, 0.29) is 5.39 Å². The van der Waals surface area contributed by atoms with Gasteiger partial charge in [0, 0.05) is 48.1 Å². The maximum absolute atomic E-state index is 14.2. The molecular weight excluding hydrogens is 374 g/mol. The molecule has 0 spiro atoms. The van der Waals surface area contributed by atoms with Gasteiger partial charge in [-0.25, -0.2) is 23.7 Å². The number of hydrogen-bond donors (Lipinski definition) is 0. The lowest BCUT2D eigenvalue weighted by Gasteiger charge is -2.12. The van der Waals surface area contributed by atoms with Crippen LogP contribution in [0.1, 0.15) is 11.1 Å². The van der Waals surface area contributed by atoms with E-state index in [2.05, 4.69) is 24.9 Å². The Hall–Kier alpha value is -3.81. The molecule has 0 radical (unpaired) electrons. The Bertz CT molecular complexity index is 1380. The molecule has 29 heavy (non-hydrogen) atoms. The fraction of sp³-hybridized carbons (Fsp3) is 0.0952. The van der Waals surface area contributed by atoms with Gasteiger partial charge in [-0.15, -0.1) is 0 Å². The number of benzene rings is 1. The molecule has 6 nitrogen and oxygen atoms in total. The topological polar surface area (TPSA) is 69.4 Å². The summed E-state index contributed by atoms with van der Waals surface area (Å²) in [6, 6.07) is 4.57. The fourth-order valence-corrected chi connectivity index (χ4v) is 3.47. The zero-order valence-corrected chi connectivity index (χ0v) is 15.3. The number of imidazole rings is 1. The van der Waals surface area contributed by atoms with Crippen LogP contribution in [0, 0.1) is 18.6 Å². The molecule has 0 aliphatic heterocycles. The minimum atomic E-state index is -0.905. The third kappa shape index (κ3) is 2.80. The highest BCUT2D eigenvalue weighted by molar-refractivity contribution is 5.86. The first-order valence-corrected chi connectivity index (χ1v) is 8.92. The third-order valence-corrected chi connectivity index (χ3v) is 4.89. The number of aryl methyl sites for hydroxylation is 1. The van der Waals surface area contributed by atoms with Gasteiger partial charge < -0.3 is 4.57 Å². The van der Waals surface area contributed by atoms with Gasteiger partial charge in [-0.3, -0.25) is 9.97 Å². The van der Waals surface area contributed by atoms with Gasteiger partial charge in [0.1, 0.15) is 5.82 Å². The standard InChI is InChI=1S/C21H14F2N6/c1-12-8-24-5-4-14(12)20-28-19-21(27-7-6-26-19)29(20)11-13-9-25-10-16-15(13)2-3-17(22)18(16)23/h2-10H,11H2,1H3. The number of fused-ring (bicyclic) bond motifs is 2. The first-order valence-electron chi connectivity index (χ1n) is 8.92. The summed E-state index contributed by atoms with van der Waals surface area (Å²) in [6.07, 6.45) is 9.62. The second-order valence-electron chi connectivity index (χ2n) is 6.67. The Morgan fingerprint density at radius 3 is 2.62 bits per heavy atom. The molecule has 0 amide bonds. The zero-order valence-electron chi connectivity index (χ0n) is 15.3. The molecule has 0 unspecified atom stereocenters. The molecule has 0 aliphatic carbocycles. The highest BCUT2D eigenvalue weighted by Crippen LogP contribution is 2.28. The van der Waals surface area contributed by atoms with Crippen LogP contribution in [0.25, 0.3) is 33.5 Å². The van der Waals surface area contributed by atoms with Crippen LogP contribution in [0.15, 0.2) is 55.4 Å². The normalized spacial score (nSPS) is 11.4. The number of nitrogens with zero attached hydrogens (tertiary/aromatic N) is 6. The van der Waals surface area contributed by atoms with Crippen molar-refractivity contribution in [2.45, 2.75) is 13.5 Å². The minimum absolute atomic E-state index is 0.139. The van der Waals surface area contributed by atoms with E-state index in [0.717, 1.165) is 22.8 Å². The molecule has 0 saturated heterocycles. The quantitative estimate of drug-likeness (QED) is 0.466. The monoisotopic (exact) mass is 388 g/mol. The minimum Gasteiger partial charge on any atom is -0.303 e. The Kier molecular flexibility index (Phi) is 3.97. The number of pyridine rings is 2. The molecule has 0 atom stereocenters. The van der Waals surface area contributed by atoms with E-state index in [9.17, 15) is 8.78 Å². The maximum atomic E-state index is 14.2. The summed E-state index contributed by atoms with van der Waals surface area (Å²) in [5.41, 5.74) is 3.67. The maximum Gasteiger partial charge on any atom is 0.198 e. The molecule has 5 aromatic rings. The van der Waals surface area contributed by atoms with Gasteiger partial charge in [0.15, 0.2) is 22.9 Å². The summed E-state index contributed by atoms with van der Waals surface area (Å²) in [4.78, 5) is 21.7. The molecule has 0 aliphatic rings. The Balaban J connectivity index is 1.74. The lowest BCUT2D eigenvalue weighted by Crippen LogP contribution is -2.05. The summed E-state index contributed by atoms with van der Waals surface area (Å²) in [5, 5.41) is 0.724. The number of hydrogen-bond acceptors (Lipinski definition) is 5. The van der Waals surface area contributed by atoms with Crippen LogP contribution >= 0.6 is 0 Å². The van der Waals surface area contributed by atoms with Crippen molar-refractivity contribution in [2.24, 2.45) is 0 Å². The van der Waals surface area contributed by atoms with Crippen LogP contribution in [-0.4, -0.2) is 29.5 Å². The van der Waals surface area contributed by atoms with Gasteiger partial charge in [-0.1, -0.05) is 6.07 Å². The number of halogens is 2. The van der Waals surface area contributed by atoms with Crippen molar-refractivity contribution in [1.82, 2.24) is 29.5 Å². The third-order valence-electron chi connectivity index (χ3n) is 4.89. The molecule has 0 saturated carbocycles. The van der Waals surface area contributed by atoms with E-state index in [1.54, 1.807) is 37.1 Å². The van der Waals surface area contributed by atoms with E-state index in [4.69, 9.17) is 0 Å². The van der Waals surface area contributed by atoms with E-state index >= 15 is 0 Å². The molecule has 142 valence electrons. The van der Waals surface area contributed by atoms with Crippen LogP contribution in [-0.2, 0) is 6.54 Å². The number of rotatable bonds is 3. The average molecular weight is 388 g/mol. The van der Waals surface area contributed by atoms with Gasteiger partial charge in [0.05, 0.1) is 6.54 Å². The molecule has 4 aromatic heterocycles. The van der Waals surface area contributed by atoms with E-state index in [1.165, 1.54) is 6.20 Å². The highest BCUT2D eigenvalue weighted by atomic mass is 19.2. The molecular formula is C21H14F2N6. The van der Waals surface area contributed by atoms with Crippen LogP contribution in [0.4, 0.5) is 8.78 Å². The lowest BCUT2D eigenvalue weighted by atomic mass is 10.1. The van der Waals surface area contributed by atoms with E-state index < -0.39 is 11.6 Å². The van der Waals surface area contributed by atoms with Gasteiger partial charge in [-0.2, -0.15) is 0 Å². The smallest absolute Gasteiger partial charge is 0.198 e. The predicted molar refractivity (Wildman–Crippen MR) is 104 cm³/mol. The summed E-state index contributed by atoms with van der Waals surface area (Å²) in [5.74, 6) is -1.13. The zero-order chi connectivity index (χ0) is 20.0. The highest BCUT2D eigenvalue weighted by Gasteiger charge is 2.18. The van der Waals surface area contributed by atoms with Crippen molar-refractivity contribution in [3.63, 3.8) is 0 Å². The number of aromatic nitrogens is 6. The molecule has 0 fully saturated rings. The second-order valence-corrected chi connectivity index (χ2v) is 6.67. The average Bonchev–Trinajstić information content (AvgIpc) is 3.10. The van der Waals surface area contributed by atoms with E-state index in [1.807, 2.05) is 17.6 Å². The van der Waals surface area contributed by atoms with Crippen molar-refractivity contribution in [3.8, 4) is 11.4 Å². The van der Waals surface area contributed by atoms with E-state index in [0.29, 0.717) is 29.0 Å². The summed E-state index contributed by atoms with van der Waals surface area (Å²) < 4.78 is 29.8. The Labute approximate surface area is 163 Å². The summed E-state index contributed by atoms with van der Waals surface area (Å²) in [7, 11) is 0. The summed E-state index contributed by atoms with van der Waals surface area (Å²) in [6.45, 7) is 2.27. The van der Waals surface area contributed by atoms with Crippen LogP contribution in [0.5, 0.6) is 0 Å². The fourth-order valence-electron chi connectivity index (χ4n) is 3.47. The van der Waals surface area contributed by atoms with Gasteiger partial charge in [0.2, 0.25) is 0 Å². The Morgan fingerprint density at radius 2 is 1.76 bits per heavy atom. The van der Waals surface area contributed by atoms with Crippen molar-refractivity contribution in [1.29, 1.82) is 0 Å². The van der Waals surface area contributed by atoms with Crippen molar-refractivity contribution in [3.05, 3.63) is 78.1 Å². The first-order chi connectivity index (χ1) is 14.1. The second kappa shape index (κ2) is 6.66. The van der Waals surface area contributed by atoms with Gasteiger partial charge >= 0.3 is 0 Å². The van der Waals surface area contributed by atoms with Gasteiger partial charge in [-0.05, 0) is 35.6 Å². The van der Waals surface area contributed by atoms with Crippen molar-refractivity contribution >= 4 is 22.1 Å². The molecule has 0 N–H and O–H groups in total. The largest absolute Gasteiger partial charge is 0.303 e. The lowest BCUT2D eigenvalue weighted by molar-refractivity contribution is 0.516. The van der Waals surface area contributed by atoms with Crippen molar-refractivity contribution < 1.29 is 8.78 Å². The van der Waals surface area contributed by atoms with Crippen LogP contribution in [0.3, 0.4) is 0 Å². The van der Waals surface area contributed by atoms with Crippen LogP contribution < -0.4 is 0 Å². The van der Waals surface area contributed by atoms with Crippen LogP contribution in [0.2, 0.25) is 0 Å². The summed E-state index contributed by atoms with van der Waals surface area (Å²) >= 11 is 0. The molecule has 1 aromatic carbocycles. The molecule has 8 heteroatoms. The SMILES string of the molecule is Cc1cnccc1-c1nc2nccnc2n1Cc1cncc2c(F)c(F)ccc12. The Morgan fingerprint density at radius 1 is 0.897 bits per heavy atom. The predicted octanol–water partition coefficient (Wildman–Crippen LogP) is 4.07.